The molecule has 2 aliphatic rings. The van der Waals surface area contributed by atoms with E-state index in [-0.39, 0.29) is 30.1 Å². The molecule has 0 spiro atoms. The number of rotatable bonds is 6. The predicted octanol–water partition coefficient (Wildman–Crippen LogP) is 3.74. The molecule has 2 atom stereocenters. The van der Waals surface area contributed by atoms with Gasteiger partial charge in [0.05, 0.1) is 17.5 Å². The van der Waals surface area contributed by atoms with E-state index in [9.17, 15) is 13.2 Å². The van der Waals surface area contributed by atoms with Gasteiger partial charge in [-0.2, -0.15) is 0 Å². The zero-order valence-electron chi connectivity index (χ0n) is 20.3. The molecule has 0 bridgehead atoms. The van der Waals surface area contributed by atoms with Crippen molar-refractivity contribution in [2.75, 3.05) is 23.3 Å². The van der Waals surface area contributed by atoms with Crippen molar-refractivity contribution in [2.45, 2.75) is 90.7 Å². The number of nitrogens with one attached hydrogen (secondary N) is 2. The minimum Gasteiger partial charge on any atom is -0.372 e. The summed E-state index contributed by atoms with van der Waals surface area (Å²) in [5.74, 6) is -0.0635. The number of carbonyl (C=O) groups excluding carboxylic acids is 1. The summed E-state index contributed by atoms with van der Waals surface area (Å²) in [6, 6.07) is 4.02. The van der Waals surface area contributed by atoms with Crippen LogP contribution in [0.15, 0.2) is 12.1 Å². The third-order valence-electron chi connectivity index (χ3n) is 6.54. The van der Waals surface area contributed by atoms with Crippen LogP contribution in [0.3, 0.4) is 0 Å². The molecule has 8 heteroatoms. The first-order valence-electron chi connectivity index (χ1n) is 11.8. The Balaban J connectivity index is 1.60. The summed E-state index contributed by atoms with van der Waals surface area (Å²) in [6.07, 6.45) is 3.14. The zero-order valence-corrected chi connectivity index (χ0v) is 21.1. The number of hydrogen-bond donors (Lipinski definition) is 2. The summed E-state index contributed by atoms with van der Waals surface area (Å²) in [5, 5.41) is 2.66. The first-order chi connectivity index (χ1) is 15.0. The van der Waals surface area contributed by atoms with Crippen LogP contribution in [0.25, 0.3) is 0 Å². The molecule has 1 aromatic rings. The van der Waals surface area contributed by atoms with E-state index >= 15 is 0 Å². The lowest BCUT2D eigenvalue weighted by atomic mass is 9.86. The average Bonchev–Trinajstić information content (AvgIpc) is 2.66. The van der Waals surface area contributed by atoms with Crippen LogP contribution in [-0.4, -0.2) is 50.9 Å². The second-order valence-electron chi connectivity index (χ2n) is 9.87. The Kier molecular flexibility index (Phi) is 7.89. The normalized spacial score (nSPS) is 26.9. The number of carbonyl (C=O) groups is 1. The molecule has 0 radical (unpaired) electrons. The Morgan fingerprint density at radius 3 is 2.06 bits per heavy atom. The lowest BCUT2D eigenvalue weighted by Gasteiger charge is -2.38. The summed E-state index contributed by atoms with van der Waals surface area (Å²) in [5.41, 5.74) is 4.34. The summed E-state index contributed by atoms with van der Waals surface area (Å²) in [4.78, 5) is 15.3. The fourth-order valence-corrected chi connectivity index (χ4v) is 5.95. The third-order valence-corrected chi connectivity index (χ3v) is 8.45. The van der Waals surface area contributed by atoms with Crippen LogP contribution in [0.2, 0.25) is 0 Å². The van der Waals surface area contributed by atoms with E-state index in [1.807, 2.05) is 12.1 Å². The maximum Gasteiger partial charge on any atom is 0.227 e. The Hall–Kier alpha value is -1.64. The van der Waals surface area contributed by atoms with Gasteiger partial charge in [0, 0.05) is 36.4 Å². The molecule has 0 aromatic heterocycles. The van der Waals surface area contributed by atoms with Crippen LogP contribution in [0.5, 0.6) is 0 Å². The molecule has 0 unspecified atom stereocenters. The van der Waals surface area contributed by atoms with Crippen LogP contribution in [0.4, 0.5) is 11.4 Å². The van der Waals surface area contributed by atoms with E-state index in [1.165, 1.54) is 5.69 Å². The van der Waals surface area contributed by atoms with Crippen LogP contribution in [0.1, 0.15) is 64.5 Å². The molecule has 2 N–H and O–H groups in total. The molecule has 1 heterocycles. The molecule has 1 saturated heterocycles. The van der Waals surface area contributed by atoms with Gasteiger partial charge in [-0.3, -0.25) is 4.79 Å². The smallest absolute Gasteiger partial charge is 0.227 e. The van der Waals surface area contributed by atoms with Crippen molar-refractivity contribution < 1.29 is 17.9 Å². The fraction of sp³-hybridized carbons (Fsp3) is 0.708. The van der Waals surface area contributed by atoms with Gasteiger partial charge in [-0.05, 0) is 90.5 Å². The molecule has 1 aromatic carbocycles. The minimum atomic E-state index is -3.28. The van der Waals surface area contributed by atoms with Gasteiger partial charge in [0.25, 0.3) is 0 Å². The monoisotopic (exact) mass is 465 g/mol. The Labute approximate surface area is 193 Å². The lowest BCUT2D eigenvalue weighted by molar-refractivity contribution is -0.120. The predicted molar refractivity (Wildman–Crippen MR) is 130 cm³/mol. The number of morpholine rings is 1. The molecule has 1 saturated carbocycles. The zero-order chi connectivity index (χ0) is 23.6. The van der Waals surface area contributed by atoms with E-state index in [0.717, 1.165) is 29.9 Å². The highest BCUT2D eigenvalue weighted by molar-refractivity contribution is 7.90. The van der Waals surface area contributed by atoms with Crippen molar-refractivity contribution in [3.8, 4) is 0 Å². The van der Waals surface area contributed by atoms with Gasteiger partial charge in [0.2, 0.25) is 15.9 Å². The molecule has 3 rings (SSSR count). The number of ether oxygens (including phenoxy) is 1. The SMILES string of the molecule is Cc1cc(NC(=O)[C@H]2CC[C@H](NS(=O)(=O)C(C)C)CC2)cc(C)c1N1C[C@@H](C)O[C@@H](C)C1. The van der Waals surface area contributed by atoms with Crippen LogP contribution in [0, 0.1) is 19.8 Å². The van der Waals surface area contributed by atoms with E-state index in [1.54, 1.807) is 13.8 Å². The first kappa shape index (κ1) is 25.0. The molecule has 2 fully saturated rings. The highest BCUT2D eigenvalue weighted by Gasteiger charge is 2.30. The number of nitrogens with zero attached hydrogens (tertiary/aromatic N) is 1. The van der Waals surface area contributed by atoms with Gasteiger partial charge >= 0.3 is 0 Å². The largest absolute Gasteiger partial charge is 0.372 e. The number of anilines is 2. The average molecular weight is 466 g/mol. The van der Waals surface area contributed by atoms with Gasteiger partial charge in [-0.15, -0.1) is 0 Å². The number of amides is 1. The summed E-state index contributed by atoms with van der Waals surface area (Å²) in [6.45, 7) is 13.5. The van der Waals surface area contributed by atoms with Crippen molar-refractivity contribution >= 4 is 27.3 Å². The molecule has 1 aliphatic heterocycles. The highest BCUT2D eigenvalue weighted by Crippen LogP contribution is 2.32. The molecule has 7 nitrogen and oxygen atoms in total. The summed E-state index contributed by atoms with van der Waals surface area (Å²) in [7, 11) is -3.28. The van der Waals surface area contributed by atoms with Crippen molar-refractivity contribution in [3.63, 3.8) is 0 Å². The first-order valence-corrected chi connectivity index (χ1v) is 13.3. The fourth-order valence-electron chi connectivity index (χ4n) is 4.97. The minimum absolute atomic E-state index is 0.0235. The molecular weight excluding hydrogens is 426 g/mol. The molecule has 1 amide bonds. The van der Waals surface area contributed by atoms with Crippen molar-refractivity contribution in [1.82, 2.24) is 4.72 Å². The van der Waals surface area contributed by atoms with Crippen LogP contribution < -0.4 is 14.9 Å². The van der Waals surface area contributed by atoms with Gasteiger partial charge in [-0.25, -0.2) is 13.1 Å². The molecule has 180 valence electrons. The summed E-state index contributed by atoms with van der Waals surface area (Å²) >= 11 is 0. The summed E-state index contributed by atoms with van der Waals surface area (Å²) < 4.78 is 32.9. The number of hydrogen-bond acceptors (Lipinski definition) is 5. The van der Waals surface area contributed by atoms with E-state index in [4.69, 9.17) is 4.74 Å². The lowest BCUT2D eigenvalue weighted by Crippen LogP contribution is -2.46. The maximum absolute atomic E-state index is 12.9. The van der Waals surface area contributed by atoms with Gasteiger partial charge in [-0.1, -0.05) is 0 Å². The van der Waals surface area contributed by atoms with Gasteiger partial charge < -0.3 is 15.0 Å². The number of sulfonamides is 1. The Morgan fingerprint density at radius 1 is 1.03 bits per heavy atom. The standard InChI is InChI=1S/C24H39N3O4S/c1-15(2)32(29,30)26-21-9-7-20(8-10-21)24(28)25-22-11-16(3)23(17(4)12-22)27-13-18(5)31-19(6)14-27/h11-12,15,18-21,26H,7-10,13-14H2,1-6H3,(H,25,28)/t18-,19+,20-,21-. The topological polar surface area (TPSA) is 87.7 Å². The highest BCUT2D eigenvalue weighted by atomic mass is 32.2. The Morgan fingerprint density at radius 2 is 1.56 bits per heavy atom. The van der Waals surface area contributed by atoms with E-state index < -0.39 is 15.3 Å². The van der Waals surface area contributed by atoms with Gasteiger partial charge in [0.15, 0.2) is 0 Å². The van der Waals surface area contributed by atoms with Crippen molar-refractivity contribution in [2.24, 2.45) is 5.92 Å². The van der Waals surface area contributed by atoms with Crippen LogP contribution >= 0.6 is 0 Å². The number of aryl methyl sites for hydroxylation is 2. The van der Waals surface area contributed by atoms with E-state index in [0.29, 0.717) is 25.7 Å². The maximum atomic E-state index is 12.9. The third kappa shape index (κ3) is 6.02. The van der Waals surface area contributed by atoms with Gasteiger partial charge in [0.1, 0.15) is 0 Å². The quantitative estimate of drug-likeness (QED) is 0.668. The second-order valence-corrected chi connectivity index (χ2v) is 12.1. The number of benzene rings is 1. The van der Waals surface area contributed by atoms with Crippen molar-refractivity contribution in [1.29, 1.82) is 0 Å². The second kappa shape index (κ2) is 10.1. The molecule has 32 heavy (non-hydrogen) atoms. The molecular formula is C24H39N3O4S. The van der Waals surface area contributed by atoms with Crippen LogP contribution in [-0.2, 0) is 19.6 Å². The Bertz CT molecular complexity index is 890. The van der Waals surface area contributed by atoms with E-state index in [2.05, 4.69) is 42.6 Å². The van der Waals surface area contributed by atoms with Crippen molar-refractivity contribution in [3.05, 3.63) is 23.3 Å². The molecule has 1 aliphatic carbocycles.